The Morgan fingerprint density at radius 2 is 2.00 bits per heavy atom. The number of hydrogen-bond acceptors (Lipinski definition) is 9. The first kappa shape index (κ1) is 17.0. The number of benzene rings is 1. The molecule has 0 saturated carbocycles. The van der Waals surface area contributed by atoms with Crippen molar-refractivity contribution >= 4 is 11.7 Å². The molecular weight excluding hydrogens is 354 g/mol. The van der Waals surface area contributed by atoms with Gasteiger partial charge in [-0.05, 0) is 17.7 Å². The summed E-state index contributed by atoms with van der Waals surface area (Å²) in [6.07, 6.45) is 0. The number of phenols is 1. The van der Waals surface area contributed by atoms with E-state index in [0.717, 1.165) is 0 Å². The molecule has 0 amide bonds. The zero-order valence-electron chi connectivity index (χ0n) is 14.9. The van der Waals surface area contributed by atoms with Gasteiger partial charge >= 0.3 is 12.0 Å². The topological polar surface area (TPSA) is 112 Å². The van der Waals surface area contributed by atoms with Gasteiger partial charge in [0.05, 0.1) is 44.2 Å². The fourth-order valence-corrected chi connectivity index (χ4v) is 3.30. The second-order valence-electron chi connectivity index (χ2n) is 5.94. The number of nitrogens with one attached hydrogen (secondary N) is 1. The van der Waals surface area contributed by atoms with Crippen molar-refractivity contribution in [2.24, 2.45) is 0 Å². The van der Waals surface area contributed by atoms with E-state index in [1.54, 1.807) is 12.1 Å². The molecule has 0 aliphatic carbocycles. The van der Waals surface area contributed by atoms with Crippen molar-refractivity contribution in [1.29, 1.82) is 0 Å². The molecule has 3 heterocycles. The number of esters is 1. The molecule has 1 atom stereocenters. The molecule has 2 N–H and O–H groups in total. The number of phenolic OH excluding ortho intramolecular Hbond substituents is 1. The number of aromatic hydroxyl groups is 1. The predicted molar refractivity (Wildman–Crippen MR) is 93.2 cm³/mol. The number of rotatable bonds is 4. The van der Waals surface area contributed by atoms with Crippen LogP contribution in [0.4, 0.5) is 5.69 Å². The highest BCUT2D eigenvalue weighted by Gasteiger charge is 2.41. The smallest absolute Gasteiger partial charge is 0.337 e. The third-order valence-corrected chi connectivity index (χ3v) is 4.53. The Morgan fingerprint density at radius 3 is 2.70 bits per heavy atom. The fraction of sp³-hybridized carbons (Fsp3) is 0.278. The van der Waals surface area contributed by atoms with Crippen molar-refractivity contribution in [2.75, 3.05) is 33.3 Å². The average Bonchev–Trinajstić information content (AvgIpc) is 3.06. The lowest BCUT2D eigenvalue weighted by atomic mass is 9.84. The van der Waals surface area contributed by atoms with Crippen LogP contribution in [0.5, 0.6) is 23.4 Å². The Kier molecular flexibility index (Phi) is 3.98. The van der Waals surface area contributed by atoms with Gasteiger partial charge in [0.15, 0.2) is 11.5 Å². The van der Waals surface area contributed by atoms with Gasteiger partial charge in [0.1, 0.15) is 12.3 Å². The van der Waals surface area contributed by atoms with Crippen molar-refractivity contribution in [3.63, 3.8) is 0 Å². The Hall–Kier alpha value is -3.49. The number of ether oxygens (including phenoxy) is 4. The summed E-state index contributed by atoms with van der Waals surface area (Å²) < 4.78 is 21.0. The molecule has 1 unspecified atom stereocenters. The summed E-state index contributed by atoms with van der Waals surface area (Å²) in [5.74, 6) is -0.424. The van der Waals surface area contributed by atoms with Crippen molar-refractivity contribution in [3.05, 3.63) is 40.7 Å². The molecule has 27 heavy (non-hydrogen) atoms. The fourth-order valence-electron chi connectivity index (χ4n) is 3.30. The maximum absolute atomic E-state index is 12.4. The summed E-state index contributed by atoms with van der Waals surface area (Å²) in [6, 6.07) is 4.98. The summed E-state index contributed by atoms with van der Waals surface area (Å²) in [5.41, 5.74) is 2.80. The molecule has 0 saturated heterocycles. The van der Waals surface area contributed by atoms with Crippen LogP contribution in [0.25, 0.3) is 0 Å². The van der Waals surface area contributed by atoms with Crippen molar-refractivity contribution in [1.82, 2.24) is 9.97 Å². The van der Waals surface area contributed by atoms with Crippen LogP contribution in [0.1, 0.15) is 17.2 Å². The van der Waals surface area contributed by atoms with Crippen LogP contribution in [0, 0.1) is 0 Å². The quantitative estimate of drug-likeness (QED) is 0.774. The van der Waals surface area contributed by atoms with Crippen LogP contribution in [0.15, 0.2) is 29.5 Å². The lowest BCUT2D eigenvalue weighted by Gasteiger charge is -2.27. The zero-order chi connectivity index (χ0) is 19.1. The number of anilines is 1. The highest BCUT2D eigenvalue weighted by atomic mass is 16.5. The first-order chi connectivity index (χ1) is 13.1. The largest absolute Gasteiger partial charge is 0.504 e. The van der Waals surface area contributed by atoms with Gasteiger partial charge < -0.3 is 29.4 Å². The van der Waals surface area contributed by atoms with Crippen LogP contribution >= 0.6 is 0 Å². The molecule has 4 rings (SSSR count). The summed E-state index contributed by atoms with van der Waals surface area (Å²) in [7, 11) is 4.39. The van der Waals surface area contributed by atoms with E-state index in [-0.39, 0.29) is 24.1 Å². The maximum atomic E-state index is 12.4. The minimum Gasteiger partial charge on any atom is -0.504 e. The Balaban J connectivity index is 1.97. The van der Waals surface area contributed by atoms with Gasteiger partial charge in [-0.2, -0.15) is 9.97 Å². The molecular formula is C18H17N3O6. The number of methoxy groups -OCH3 is 3. The van der Waals surface area contributed by atoms with Crippen LogP contribution in [-0.4, -0.2) is 49.0 Å². The highest BCUT2D eigenvalue weighted by Crippen LogP contribution is 2.47. The van der Waals surface area contributed by atoms with E-state index in [2.05, 4.69) is 15.3 Å². The number of carbonyl (C=O) groups excluding carboxylic acids is 1. The monoisotopic (exact) mass is 371 g/mol. The van der Waals surface area contributed by atoms with Crippen LogP contribution < -0.4 is 19.5 Å². The van der Waals surface area contributed by atoms with E-state index in [1.807, 2.05) is 0 Å². The molecule has 0 radical (unpaired) electrons. The first-order valence-electron chi connectivity index (χ1n) is 8.11. The van der Waals surface area contributed by atoms with Crippen LogP contribution in [0.3, 0.4) is 0 Å². The molecule has 9 heteroatoms. The van der Waals surface area contributed by atoms with Gasteiger partial charge in [0, 0.05) is 0 Å². The summed E-state index contributed by atoms with van der Waals surface area (Å²) in [4.78, 5) is 21.1. The number of cyclic esters (lactones) is 1. The van der Waals surface area contributed by atoms with Crippen LogP contribution in [0.2, 0.25) is 0 Å². The normalized spacial score (nSPS) is 17.6. The predicted octanol–water partition coefficient (Wildman–Crippen LogP) is 1.58. The van der Waals surface area contributed by atoms with E-state index in [1.165, 1.54) is 27.4 Å². The van der Waals surface area contributed by atoms with Crippen molar-refractivity contribution in [2.45, 2.75) is 5.92 Å². The second-order valence-corrected chi connectivity index (χ2v) is 5.94. The lowest BCUT2D eigenvalue weighted by molar-refractivity contribution is -0.136. The SMILES string of the molecule is COc1nc(OC)c2c(n1)C(c1ccc(O)c(OC)c1)C1=C(COC1=O)N2. The number of carbonyl (C=O) groups is 1. The highest BCUT2D eigenvalue weighted by molar-refractivity contribution is 5.97. The summed E-state index contributed by atoms with van der Waals surface area (Å²) >= 11 is 0. The number of nitrogens with zero attached hydrogens (tertiary/aromatic N) is 2. The Labute approximate surface area is 154 Å². The Morgan fingerprint density at radius 1 is 1.19 bits per heavy atom. The third-order valence-electron chi connectivity index (χ3n) is 4.53. The molecule has 1 aromatic carbocycles. The van der Waals surface area contributed by atoms with Gasteiger partial charge in [-0.15, -0.1) is 0 Å². The van der Waals surface area contributed by atoms with E-state index < -0.39 is 11.9 Å². The van der Waals surface area contributed by atoms with E-state index in [4.69, 9.17) is 18.9 Å². The molecule has 2 aliphatic heterocycles. The molecule has 140 valence electrons. The number of fused-ring (bicyclic) bond motifs is 1. The second kappa shape index (κ2) is 6.35. The molecule has 9 nitrogen and oxygen atoms in total. The van der Waals surface area contributed by atoms with E-state index in [0.29, 0.717) is 34.1 Å². The molecule has 2 aromatic rings. The van der Waals surface area contributed by atoms with Crippen molar-refractivity contribution < 1.29 is 28.8 Å². The minimum atomic E-state index is -0.563. The first-order valence-corrected chi connectivity index (χ1v) is 8.11. The molecule has 1 aromatic heterocycles. The Bertz CT molecular complexity index is 972. The van der Waals surface area contributed by atoms with Gasteiger partial charge in [-0.3, -0.25) is 0 Å². The molecule has 0 fully saturated rings. The van der Waals surface area contributed by atoms with E-state index in [9.17, 15) is 9.90 Å². The summed E-state index contributed by atoms with van der Waals surface area (Å²) in [6.45, 7) is 0.120. The molecule has 0 spiro atoms. The average molecular weight is 371 g/mol. The van der Waals surface area contributed by atoms with E-state index >= 15 is 0 Å². The third kappa shape index (κ3) is 2.59. The van der Waals surface area contributed by atoms with Gasteiger partial charge in [-0.1, -0.05) is 6.07 Å². The van der Waals surface area contributed by atoms with Gasteiger partial charge in [-0.25, -0.2) is 4.79 Å². The minimum absolute atomic E-state index is 0.00328. The number of aromatic nitrogens is 2. The van der Waals surface area contributed by atoms with Crippen molar-refractivity contribution in [3.8, 4) is 23.4 Å². The molecule has 2 aliphatic rings. The molecule has 0 bridgehead atoms. The van der Waals surface area contributed by atoms with Crippen LogP contribution in [-0.2, 0) is 9.53 Å². The zero-order valence-corrected chi connectivity index (χ0v) is 14.9. The standard InChI is InChI=1S/C18H17N3O6/c1-24-11-6-8(4-5-10(11)22)12-13-9(7-27-17(13)23)19-15-14(12)20-18(26-3)21-16(15)25-2/h4-6,12,19,22H,7H2,1-3H3. The maximum Gasteiger partial charge on any atom is 0.337 e. The lowest BCUT2D eigenvalue weighted by Crippen LogP contribution is -2.22. The number of hydrogen-bond donors (Lipinski definition) is 2. The summed E-state index contributed by atoms with van der Waals surface area (Å²) in [5, 5.41) is 13.1. The van der Waals surface area contributed by atoms with Gasteiger partial charge in [0.25, 0.3) is 0 Å². The van der Waals surface area contributed by atoms with Gasteiger partial charge in [0.2, 0.25) is 5.88 Å².